The van der Waals surface area contributed by atoms with Crippen molar-refractivity contribution in [3.8, 4) is 0 Å². The lowest BCUT2D eigenvalue weighted by Gasteiger charge is -2.30. The standard InChI is InChI=1S/C14H22BrN3O2/c1-11-7-12(15)8-16-14(11)17(2)9-13(19)10-18-3-5-20-6-4-18/h7-8,13,19H,3-6,9-10H2,1-2H3/t13-/m1/s1. The summed E-state index contributed by atoms with van der Waals surface area (Å²) in [4.78, 5) is 8.66. The van der Waals surface area contributed by atoms with Gasteiger partial charge in [-0.2, -0.15) is 0 Å². The molecule has 0 radical (unpaired) electrons. The van der Waals surface area contributed by atoms with E-state index in [0.717, 1.165) is 42.2 Å². The third-order valence-corrected chi connectivity index (χ3v) is 3.87. The molecule has 1 atom stereocenters. The topological polar surface area (TPSA) is 48.8 Å². The summed E-state index contributed by atoms with van der Waals surface area (Å²) in [6.07, 6.45) is 1.40. The van der Waals surface area contributed by atoms with Crippen molar-refractivity contribution in [2.24, 2.45) is 0 Å². The Labute approximate surface area is 128 Å². The zero-order valence-corrected chi connectivity index (χ0v) is 13.6. The van der Waals surface area contributed by atoms with Crippen molar-refractivity contribution in [2.75, 3.05) is 51.3 Å². The second-order valence-electron chi connectivity index (χ2n) is 5.24. The summed E-state index contributed by atoms with van der Waals surface area (Å²) in [5, 5.41) is 10.2. The Balaban J connectivity index is 1.87. The highest BCUT2D eigenvalue weighted by molar-refractivity contribution is 9.10. The van der Waals surface area contributed by atoms with Crippen LogP contribution in [0.2, 0.25) is 0 Å². The highest BCUT2D eigenvalue weighted by atomic mass is 79.9. The molecule has 0 spiro atoms. The third-order valence-electron chi connectivity index (χ3n) is 3.44. The number of pyridine rings is 1. The summed E-state index contributed by atoms with van der Waals surface area (Å²) in [6, 6.07) is 2.03. The highest BCUT2D eigenvalue weighted by Crippen LogP contribution is 2.19. The Morgan fingerprint density at radius 2 is 2.20 bits per heavy atom. The number of rotatable bonds is 5. The number of hydrogen-bond donors (Lipinski definition) is 1. The second kappa shape index (κ2) is 7.36. The summed E-state index contributed by atoms with van der Waals surface area (Å²) in [5.41, 5.74) is 1.10. The Kier molecular flexibility index (Phi) is 5.77. The minimum Gasteiger partial charge on any atom is -0.390 e. The maximum Gasteiger partial charge on any atom is 0.131 e. The molecule has 112 valence electrons. The molecule has 2 heterocycles. The van der Waals surface area contributed by atoms with Crippen LogP contribution in [0.4, 0.5) is 5.82 Å². The summed E-state index contributed by atoms with van der Waals surface area (Å²) in [6.45, 7) is 6.60. The number of hydrogen-bond acceptors (Lipinski definition) is 5. The molecule has 0 aliphatic carbocycles. The number of aromatic nitrogens is 1. The van der Waals surface area contributed by atoms with Crippen LogP contribution in [0, 0.1) is 6.92 Å². The van der Waals surface area contributed by atoms with Gasteiger partial charge in [0.25, 0.3) is 0 Å². The smallest absolute Gasteiger partial charge is 0.131 e. The lowest BCUT2D eigenvalue weighted by molar-refractivity contribution is 0.0162. The van der Waals surface area contributed by atoms with Gasteiger partial charge in [0, 0.05) is 43.9 Å². The van der Waals surface area contributed by atoms with Crippen LogP contribution in [-0.2, 0) is 4.74 Å². The van der Waals surface area contributed by atoms with E-state index in [9.17, 15) is 5.11 Å². The molecule has 1 aliphatic rings. The molecular formula is C14H22BrN3O2. The average Bonchev–Trinajstić information content (AvgIpc) is 2.39. The van der Waals surface area contributed by atoms with Gasteiger partial charge in [-0.1, -0.05) is 0 Å². The zero-order valence-electron chi connectivity index (χ0n) is 12.0. The van der Waals surface area contributed by atoms with Crippen LogP contribution < -0.4 is 4.90 Å². The second-order valence-corrected chi connectivity index (χ2v) is 6.16. The number of morpholine rings is 1. The largest absolute Gasteiger partial charge is 0.390 e. The van der Waals surface area contributed by atoms with Crippen molar-refractivity contribution in [1.82, 2.24) is 9.88 Å². The van der Waals surface area contributed by atoms with E-state index in [1.165, 1.54) is 0 Å². The monoisotopic (exact) mass is 343 g/mol. The van der Waals surface area contributed by atoms with E-state index in [4.69, 9.17) is 4.74 Å². The number of aliphatic hydroxyl groups is 1. The van der Waals surface area contributed by atoms with Crippen LogP contribution in [0.1, 0.15) is 5.56 Å². The number of likely N-dealkylation sites (N-methyl/N-ethyl adjacent to an activating group) is 1. The first kappa shape index (κ1) is 15.7. The Morgan fingerprint density at radius 3 is 2.85 bits per heavy atom. The molecule has 0 unspecified atom stereocenters. The minimum atomic E-state index is -0.386. The molecule has 0 saturated carbocycles. The first-order valence-electron chi connectivity index (χ1n) is 6.87. The van der Waals surface area contributed by atoms with Crippen LogP contribution in [0.3, 0.4) is 0 Å². The van der Waals surface area contributed by atoms with Gasteiger partial charge in [-0.15, -0.1) is 0 Å². The normalized spacial score (nSPS) is 18.0. The van der Waals surface area contributed by atoms with E-state index in [1.54, 1.807) is 6.20 Å². The fraction of sp³-hybridized carbons (Fsp3) is 0.643. The molecule has 6 heteroatoms. The van der Waals surface area contributed by atoms with Gasteiger partial charge in [0.15, 0.2) is 0 Å². The number of β-amino-alcohol motifs (C(OH)–C–C–N with tert-alkyl or cyclic N) is 1. The molecule has 1 N–H and O–H groups in total. The number of aryl methyl sites for hydroxylation is 1. The van der Waals surface area contributed by atoms with Crippen LogP contribution in [0.25, 0.3) is 0 Å². The van der Waals surface area contributed by atoms with Crippen LogP contribution in [0.5, 0.6) is 0 Å². The first-order valence-corrected chi connectivity index (χ1v) is 7.67. The molecule has 20 heavy (non-hydrogen) atoms. The number of halogens is 1. The quantitative estimate of drug-likeness (QED) is 0.872. The molecule has 0 amide bonds. The van der Waals surface area contributed by atoms with Crippen molar-refractivity contribution < 1.29 is 9.84 Å². The predicted octanol–water partition coefficient (Wildman–Crippen LogP) is 1.28. The third kappa shape index (κ3) is 4.41. The van der Waals surface area contributed by atoms with E-state index in [-0.39, 0.29) is 6.10 Å². The summed E-state index contributed by atoms with van der Waals surface area (Å²) in [5.74, 6) is 0.911. The summed E-state index contributed by atoms with van der Waals surface area (Å²) in [7, 11) is 1.96. The SMILES string of the molecule is Cc1cc(Br)cnc1N(C)C[C@@H](O)CN1CCOCC1. The van der Waals surface area contributed by atoms with E-state index in [2.05, 4.69) is 25.8 Å². The van der Waals surface area contributed by atoms with Crippen molar-refractivity contribution in [1.29, 1.82) is 0 Å². The van der Waals surface area contributed by atoms with Crippen molar-refractivity contribution in [3.63, 3.8) is 0 Å². The molecule has 1 aromatic rings. The fourth-order valence-corrected chi connectivity index (χ4v) is 2.92. The van der Waals surface area contributed by atoms with Gasteiger partial charge in [0.05, 0.1) is 19.3 Å². The number of aliphatic hydroxyl groups excluding tert-OH is 1. The van der Waals surface area contributed by atoms with Crippen molar-refractivity contribution in [3.05, 3.63) is 22.3 Å². The molecule has 1 saturated heterocycles. The maximum absolute atomic E-state index is 10.2. The molecule has 0 bridgehead atoms. The number of nitrogens with zero attached hydrogens (tertiary/aromatic N) is 3. The van der Waals surface area contributed by atoms with E-state index < -0.39 is 0 Å². The minimum absolute atomic E-state index is 0.386. The van der Waals surface area contributed by atoms with Gasteiger partial charge in [-0.25, -0.2) is 4.98 Å². The Bertz CT molecular complexity index is 438. The number of ether oxygens (including phenoxy) is 1. The predicted molar refractivity (Wildman–Crippen MR) is 83.2 cm³/mol. The molecule has 1 aromatic heterocycles. The van der Waals surface area contributed by atoms with Crippen molar-refractivity contribution in [2.45, 2.75) is 13.0 Å². The van der Waals surface area contributed by atoms with E-state index in [0.29, 0.717) is 13.1 Å². The average molecular weight is 344 g/mol. The summed E-state index contributed by atoms with van der Waals surface area (Å²) >= 11 is 3.41. The molecule has 0 aromatic carbocycles. The maximum atomic E-state index is 10.2. The Hall–Kier alpha value is -0.690. The van der Waals surface area contributed by atoms with Gasteiger partial charge < -0.3 is 14.7 Å². The molecule has 2 rings (SSSR count). The van der Waals surface area contributed by atoms with E-state index in [1.807, 2.05) is 24.9 Å². The number of anilines is 1. The highest BCUT2D eigenvalue weighted by Gasteiger charge is 2.17. The lowest BCUT2D eigenvalue weighted by atomic mass is 10.2. The van der Waals surface area contributed by atoms with E-state index >= 15 is 0 Å². The van der Waals surface area contributed by atoms with Gasteiger partial charge in [0.1, 0.15) is 5.82 Å². The zero-order chi connectivity index (χ0) is 14.5. The molecular weight excluding hydrogens is 322 g/mol. The van der Waals surface area contributed by atoms with Crippen LogP contribution in [0.15, 0.2) is 16.7 Å². The van der Waals surface area contributed by atoms with Gasteiger partial charge >= 0.3 is 0 Å². The van der Waals surface area contributed by atoms with Crippen LogP contribution in [-0.4, -0.2) is 67.5 Å². The van der Waals surface area contributed by atoms with Gasteiger partial charge in [-0.05, 0) is 34.5 Å². The van der Waals surface area contributed by atoms with Gasteiger partial charge in [0.2, 0.25) is 0 Å². The molecule has 1 fully saturated rings. The van der Waals surface area contributed by atoms with Crippen LogP contribution >= 0.6 is 15.9 Å². The van der Waals surface area contributed by atoms with Gasteiger partial charge in [-0.3, -0.25) is 4.90 Å². The first-order chi connectivity index (χ1) is 9.56. The Morgan fingerprint density at radius 1 is 1.50 bits per heavy atom. The molecule has 1 aliphatic heterocycles. The fourth-order valence-electron chi connectivity index (χ4n) is 2.47. The lowest BCUT2D eigenvalue weighted by Crippen LogP contribution is -2.44. The molecule has 5 nitrogen and oxygen atoms in total. The van der Waals surface area contributed by atoms with Crippen molar-refractivity contribution >= 4 is 21.7 Å². The summed E-state index contributed by atoms with van der Waals surface area (Å²) < 4.78 is 6.28.